The van der Waals surface area contributed by atoms with E-state index in [4.69, 9.17) is 4.74 Å². The molecular formula is C12H17NO. The van der Waals surface area contributed by atoms with Gasteiger partial charge in [0, 0.05) is 13.0 Å². The van der Waals surface area contributed by atoms with Crippen LogP contribution in [0.2, 0.25) is 0 Å². The summed E-state index contributed by atoms with van der Waals surface area (Å²) < 4.78 is 5.55. The molecule has 0 spiro atoms. The molecule has 0 amide bonds. The first-order valence-corrected chi connectivity index (χ1v) is 5.21. The van der Waals surface area contributed by atoms with Crippen molar-refractivity contribution in [3.63, 3.8) is 0 Å². The summed E-state index contributed by atoms with van der Waals surface area (Å²) in [6, 6.07) is 6.60. The van der Waals surface area contributed by atoms with Crippen molar-refractivity contribution in [2.45, 2.75) is 19.3 Å². The molecule has 1 heterocycles. The molecule has 1 aromatic carbocycles. The summed E-state index contributed by atoms with van der Waals surface area (Å²) in [5.41, 5.74) is 2.71. The molecule has 0 saturated heterocycles. The van der Waals surface area contributed by atoms with Gasteiger partial charge in [-0.05, 0) is 30.2 Å². The van der Waals surface area contributed by atoms with Crippen LogP contribution in [0.4, 0.5) is 0 Å². The summed E-state index contributed by atoms with van der Waals surface area (Å²) >= 11 is 0. The molecule has 1 aromatic rings. The third kappa shape index (κ3) is 1.75. The first kappa shape index (κ1) is 9.53. The number of nitrogens with one attached hydrogen (secondary N) is 1. The van der Waals surface area contributed by atoms with Gasteiger partial charge >= 0.3 is 0 Å². The number of hydrogen-bond acceptors (Lipinski definition) is 2. The van der Waals surface area contributed by atoms with E-state index >= 15 is 0 Å². The second kappa shape index (κ2) is 4.01. The fraction of sp³-hybridized carbons (Fsp3) is 0.500. The highest BCUT2D eigenvalue weighted by atomic mass is 16.5. The van der Waals surface area contributed by atoms with Crippen LogP contribution in [0.1, 0.15) is 24.0 Å². The van der Waals surface area contributed by atoms with Crippen molar-refractivity contribution in [3.05, 3.63) is 29.3 Å². The van der Waals surface area contributed by atoms with Crippen molar-refractivity contribution in [1.82, 2.24) is 5.32 Å². The highest BCUT2D eigenvalue weighted by molar-refractivity contribution is 5.41. The van der Waals surface area contributed by atoms with E-state index in [0.29, 0.717) is 5.92 Å². The molecule has 1 aliphatic heterocycles. The fourth-order valence-electron chi connectivity index (χ4n) is 1.91. The molecule has 0 aliphatic carbocycles. The molecule has 1 unspecified atom stereocenters. The average Bonchev–Trinajstić information content (AvgIpc) is 2.64. The minimum atomic E-state index is 0.550. The zero-order valence-electron chi connectivity index (χ0n) is 8.84. The van der Waals surface area contributed by atoms with Gasteiger partial charge in [0.15, 0.2) is 0 Å². The third-order valence-corrected chi connectivity index (χ3v) is 2.80. The van der Waals surface area contributed by atoms with E-state index in [9.17, 15) is 0 Å². The Hall–Kier alpha value is -1.02. The Balaban J connectivity index is 2.19. The molecule has 0 fully saturated rings. The van der Waals surface area contributed by atoms with Gasteiger partial charge in [-0.2, -0.15) is 0 Å². The maximum atomic E-state index is 5.55. The van der Waals surface area contributed by atoms with E-state index in [2.05, 4.69) is 30.4 Å². The topological polar surface area (TPSA) is 21.3 Å². The van der Waals surface area contributed by atoms with Crippen LogP contribution in [-0.4, -0.2) is 20.2 Å². The lowest BCUT2D eigenvalue weighted by molar-refractivity contribution is 0.356. The van der Waals surface area contributed by atoms with Crippen LogP contribution in [0.15, 0.2) is 18.2 Å². The van der Waals surface area contributed by atoms with E-state index in [1.54, 1.807) is 0 Å². The zero-order valence-corrected chi connectivity index (χ0v) is 8.84. The lowest BCUT2D eigenvalue weighted by Crippen LogP contribution is -2.14. The SMILES string of the molecule is CNCC(C)c1ccc2c(c1)OCC2. The Kier molecular flexibility index (Phi) is 2.73. The van der Waals surface area contributed by atoms with Crippen molar-refractivity contribution in [2.75, 3.05) is 20.2 Å². The second-order valence-electron chi connectivity index (χ2n) is 3.92. The molecule has 0 saturated carbocycles. The molecule has 2 heteroatoms. The quantitative estimate of drug-likeness (QED) is 0.788. The number of benzene rings is 1. The molecule has 0 bridgehead atoms. The molecule has 76 valence electrons. The van der Waals surface area contributed by atoms with E-state index in [-0.39, 0.29) is 0 Å². The van der Waals surface area contributed by atoms with Gasteiger partial charge in [-0.1, -0.05) is 19.1 Å². The highest BCUT2D eigenvalue weighted by Gasteiger charge is 2.13. The number of fused-ring (bicyclic) bond motifs is 1. The Morgan fingerprint density at radius 2 is 2.36 bits per heavy atom. The zero-order chi connectivity index (χ0) is 9.97. The van der Waals surface area contributed by atoms with Crippen LogP contribution in [-0.2, 0) is 6.42 Å². The first-order chi connectivity index (χ1) is 6.81. The lowest BCUT2D eigenvalue weighted by atomic mass is 9.99. The van der Waals surface area contributed by atoms with Gasteiger partial charge in [0.2, 0.25) is 0 Å². The Bertz CT molecular complexity index is 322. The van der Waals surface area contributed by atoms with Crippen molar-refractivity contribution in [1.29, 1.82) is 0 Å². The van der Waals surface area contributed by atoms with Gasteiger partial charge in [-0.25, -0.2) is 0 Å². The fourth-order valence-corrected chi connectivity index (χ4v) is 1.91. The van der Waals surface area contributed by atoms with E-state index in [1.807, 2.05) is 7.05 Å². The maximum absolute atomic E-state index is 5.55. The predicted octanol–water partition coefficient (Wildman–Crippen LogP) is 1.94. The van der Waals surface area contributed by atoms with Gasteiger partial charge in [-0.3, -0.25) is 0 Å². The second-order valence-corrected chi connectivity index (χ2v) is 3.92. The Labute approximate surface area is 85.3 Å². The molecule has 0 radical (unpaired) electrons. The van der Waals surface area contributed by atoms with E-state index in [0.717, 1.165) is 25.3 Å². The summed E-state index contributed by atoms with van der Waals surface area (Å²) in [4.78, 5) is 0. The number of rotatable bonds is 3. The largest absolute Gasteiger partial charge is 0.493 e. The minimum Gasteiger partial charge on any atom is -0.493 e. The molecule has 1 aliphatic rings. The standard InChI is InChI=1S/C12H17NO/c1-9(8-13-2)11-4-3-10-5-6-14-12(10)7-11/h3-4,7,9,13H,5-6,8H2,1-2H3. The number of likely N-dealkylation sites (N-methyl/N-ethyl adjacent to an activating group) is 1. The van der Waals surface area contributed by atoms with Crippen LogP contribution < -0.4 is 10.1 Å². The van der Waals surface area contributed by atoms with Crippen molar-refractivity contribution < 1.29 is 4.74 Å². The summed E-state index contributed by atoms with van der Waals surface area (Å²) in [6.07, 6.45) is 1.07. The Morgan fingerprint density at radius 1 is 1.50 bits per heavy atom. The third-order valence-electron chi connectivity index (χ3n) is 2.80. The number of hydrogen-bond donors (Lipinski definition) is 1. The molecule has 1 N–H and O–H groups in total. The highest BCUT2D eigenvalue weighted by Crippen LogP contribution is 2.28. The van der Waals surface area contributed by atoms with Crippen LogP contribution in [0.3, 0.4) is 0 Å². The van der Waals surface area contributed by atoms with Crippen LogP contribution >= 0.6 is 0 Å². The van der Waals surface area contributed by atoms with Crippen LogP contribution in [0.25, 0.3) is 0 Å². The van der Waals surface area contributed by atoms with Crippen molar-refractivity contribution >= 4 is 0 Å². The summed E-state index contributed by atoms with van der Waals surface area (Å²) in [5, 5.41) is 3.19. The number of ether oxygens (including phenoxy) is 1. The van der Waals surface area contributed by atoms with E-state index < -0.39 is 0 Å². The van der Waals surface area contributed by atoms with Gasteiger partial charge in [0.05, 0.1) is 6.61 Å². The van der Waals surface area contributed by atoms with Crippen LogP contribution in [0, 0.1) is 0 Å². The summed E-state index contributed by atoms with van der Waals surface area (Å²) in [5.74, 6) is 1.64. The van der Waals surface area contributed by atoms with Crippen molar-refractivity contribution in [2.24, 2.45) is 0 Å². The minimum absolute atomic E-state index is 0.550. The molecular weight excluding hydrogens is 174 g/mol. The normalized spacial score (nSPS) is 16.1. The van der Waals surface area contributed by atoms with Gasteiger partial charge in [-0.15, -0.1) is 0 Å². The van der Waals surface area contributed by atoms with Crippen molar-refractivity contribution in [3.8, 4) is 5.75 Å². The Morgan fingerprint density at radius 3 is 3.14 bits per heavy atom. The molecule has 2 nitrogen and oxygen atoms in total. The lowest BCUT2D eigenvalue weighted by Gasteiger charge is -2.12. The monoisotopic (exact) mass is 191 g/mol. The van der Waals surface area contributed by atoms with Crippen LogP contribution in [0.5, 0.6) is 5.75 Å². The van der Waals surface area contributed by atoms with Gasteiger partial charge in [0.1, 0.15) is 5.75 Å². The van der Waals surface area contributed by atoms with Gasteiger partial charge < -0.3 is 10.1 Å². The molecule has 14 heavy (non-hydrogen) atoms. The predicted molar refractivity (Wildman–Crippen MR) is 58.0 cm³/mol. The molecule has 1 atom stereocenters. The summed E-state index contributed by atoms with van der Waals surface area (Å²) in [6.45, 7) is 4.09. The maximum Gasteiger partial charge on any atom is 0.122 e. The summed E-state index contributed by atoms with van der Waals surface area (Å²) in [7, 11) is 1.99. The smallest absolute Gasteiger partial charge is 0.122 e. The van der Waals surface area contributed by atoms with E-state index in [1.165, 1.54) is 11.1 Å². The molecule has 2 rings (SSSR count). The molecule has 0 aromatic heterocycles. The average molecular weight is 191 g/mol. The first-order valence-electron chi connectivity index (χ1n) is 5.21. The van der Waals surface area contributed by atoms with Gasteiger partial charge in [0.25, 0.3) is 0 Å².